The van der Waals surface area contributed by atoms with Crippen LogP contribution in [0.4, 0.5) is 0 Å². The van der Waals surface area contributed by atoms with Crippen LogP contribution in [0.5, 0.6) is 0 Å². The molecule has 1 aromatic rings. The van der Waals surface area contributed by atoms with Crippen LogP contribution in [-0.4, -0.2) is 27.4 Å². The first-order chi connectivity index (χ1) is 7.92. The molecule has 0 aliphatic heterocycles. The van der Waals surface area contributed by atoms with Crippen LogP contribution in [0.1, 0.15) is 6.92 Å². The third-order valence-corrected chi connectivity index (χ3v) is 3.85. The lowest BCUT2D eigenvalue weighted by Crippen LogP contribution is -2.33. The van der Waals surface area contributed by atoms with Gasteiger partial charge >= 0.3 is 0 Å². The van der Waals surface area contributed by atoms with Gasteiger partial charge in [0, 0.05) is 24.5 Å². The van der Waals surface area contributed by atoms with Crippen molar-refractivity contribution in [3.05, 3.63) is 28.7 Å². The number of sulfonamides is 1. The molecule has 0 bridgehead atoms. The summed E-state index contributed by atoms with van der Waals surface area (Å²) in [7, 11) is -3.51. The molecule has 5 nitrogen and oxygen atoms in total. The quantitative estimate of drug-likeness (QED) is 0.790. The average Bonchev–Trinajstić information content (AvgIpc) is 2.24. The SMILES string of the molecule is CC(=O)NCCNS(=O)(=O)c1cccc(Br)c1. The van der Waals surface area contributed by atoms with Gasteiger partial charge in [-0.15, -0.1) is 0 Å². The van der Waals surface area contributed by atoms with Gasteiger partial charge in [0.05, 0.1) is 4.90 Å². The number of hydrogen-bond donors (Lipinski definition) is 2. The van der Waals surface area contributed by atoms with Crippen molar-refractivity contribution in [3.8, 4) is 0 Å². The van der Waals surface area contributed by atoms with Crippen LogP contribution in [0, 0.1) is 0 Å². The molecular formula is C10H13BrN2O3S. The van der Waals surface area contributed by atoms with Crippen LogP contribution < -0.4 is 10.0 Å². The number of nitrogens with one attached hydrogen (secondary N) is 2. The second-order valence-corrected chi connectivity index (χ2v) is 6.02. The highest BCUT2D eigenvalue weighted by Crippen LogP contribution is 2.15. The summed E-state index contributed by atoms with van der Waals surface area (Å²) < 4.78 is 26.7. The van der Waals surface area contributed by atoms with Gasteiger partial charge in [0.2, 0.25) is 15.9 Å². The lowest BCUT2D eigenvalue weighted by atomic mass is 10.4. The van der Waals surface area contributed by atoms with E-state index in [0.29, 0.717) is 4.47 Å². The van der Waals surface area contributed by atoms with Gasteiger partial charge in [-0.25, -0.2) is 13.1 Å². The molecule has 7 heteroatoms. The Kier molecular flexibility index (Phi) is 5.10. The molecule has 1 aromatic carbocycles. The predicted octanol–water partition coefficient (Wildman–Crippen LogP) is 0.864. The van der Waals surface area contributed by atoms with Crippen LogP contribution in [0.15, 0.2) is 33.6 Å². The Labute approximate surface area is 109 Å². The van der Waals surface area contributed by atoms with Crippen molar-refractivity contribution in [3.63, 3.8) is 0 Å². The first-order valence-corrected chi connectivity index (χ1v) is 7.19. The molecule has 1 rings (SSSR count). The molecule has 0 heterocycles. The van der Waals surface area contributed by atoms with E-state index in [2.05, 4.69) is 26.0 Å². The highest BCUT2D eigenvalue weighted by molar-refractivity contribution is 9.10. The number of hydrogen-bond acceptors (Lipinski definition) is 3. The average molecular weight is 321 g/mol. The summed E-state index contributed by atoms with van der Waals surface area (Å²) >= 11 is 3.21. The summed E-state index contributed by atoms with van der Waals surface area (Å²) in [5.74, 6) is -0.188. The molecular weight excluding hydrogens is 308 g/mol. The fraction of sp³-hybridized carbons (Fsp3) is 0.300. The minimum absolute atomic E-state index is 0.161. The maximum absolute atomic E-state index is 11.8. The van der Waals surface area contributed by atoms with Gasteiger partial charge in [-0.05, 0) is 18.2 Å². The second-order valence-electron chi connectivity index (χ2n) is 3.34. The van der Waals surface area contributed by atoms with E-state index in [1.165, 1.54) is 19.1 Å². The van der Waals surface area contributed by atoms with Gasteiger partial charge < -0.3 is 5.32 Å². The largest absolute Gasteiger partial charge is 0.355 e. The minimum atomic E-state index is -3.51. The summed E-state index contributed by atoms with van der Waals surface area (Å²) in [5, 5.41) is 2.51. The van der Waals surface area contributed by atoms with Gasteiger partial charge in [-0.1, -0.05) is 22.0 Å². The molecule has 0 aliphatic carbocycles. The molecule has 17 heavy (non-hydrogen) atoms. The Morgan fingerprint density at radius 1 is 1.35 bits per heavy atom. The van der Waals surface area contributed by atoms with E-state index < -0.39 is 10.0 Å². The van der Waals surface area contributed by atoms with E-state index in [9.17, 15) is 13.2 Å². The molecule has 2 N–H and O–H groups in total. The molecule has 0 fully saturated rings. The van der Waals surface area contributed by atoms with E-state index in [4.69, 9.17) is 0 Å². The van der Waals surface area contributed by atoms with Gasteiger partial charge in [0.1, 0.15) is 0 Å². The summed E-state index contributed by atoms with van der Waals surface area (Å²) in [5.41, 5.74) is 0. The monoisotopic (exact) mass is 320 g/mol. The van der Waals surface area contributed by atoms with Gasteiger partial charge in [0.15, 0.2) is 0 Å². The van der Waals surface area contributed by atoms with Gasteiger partial charge in [-0.3, -0.25) is 4.79 Å². The Balaban J connectivity index is 2.60. The number of amides is 1. The summed E-state index contributed by atoms with van der Waals surface area (Å²) in [6.07, 6.45) is 0. The highest BCUT2D eigenvalue weighted by atomic mass is 79.9. The summed E-state index contributed by atoms with van der Waals surface area (Å²) in [4.78, 5) is 10.8. The maximum atomic E-state index is 11.8. The van der Waals surface area contributed by atoms with Crippen molar-refractivity contribution in [2.45, 2.75) is 11.8 Å². The topological polar surface area (TPSA) is 75.3 Å². The molecule has 94 valence electrons. The molecule has 0 spiro atoms. The highest BCUT2D eigenvalue weighted by Gasteiger charge is 2.12. The smallest absolute Gasteiger partial charge is 0.240 e. The zero-order valence-electron chi connectivity index (χ0n) is 9.23. The molecule has 0 saturated heterocycles. The molecule has 1 amide bonds. The van der Waals surface area contributed by atoms with E-state index >= 15 is 0 Å². The van der Waals surface area contributed by atoms with Crippen LogP contribution in [-0.2, 0) is 14.8 Å². The maximum Gasteiger partial charge on any atom is 0.240 e. The van der Waals surface area contributed by atoms with Gasteiger partial charge in [-0.2, -0.15) is 0 Å². The fourth-order valence-corrected chi connectivity index (χ4v) is 2.77. The first kappa shape index (κ1) is 14.1. The standard InChI is InChI=1S/C10H13BrN2O3S/c1-8(14)12-5-6-13-17(15,16)10-4-2-3-9(11)7-10/h2-4,7,13H,5-6H2,1H3,(H,12,14). The third kappa shape index (κ3) is 4.84. The van der Waals surface area contributed by atoms with Gasteiger partial charge in [0.25, 0.3) is 0 Å². The fourth-order valence-electron chi connectivity index (χ4n) is 1.14. The van der Waals surface area contributed by atoms with Crippen molar-refractivity contribution in [1.82, 2.24) is 10.0 Å². The van der Waals surface area contributed by atoms with E-state index in [1.54, 1.807) is 12.1 Å². The Hall–Kier alpha value is -0.920. The third-order valence-electron chi connectivity index (χ3n) is 1.90. The number of rotatable bonds is 5. The van der Waals surface area contributed by atoms with Crippen molar-refractivity contribution >= 4 is 31.9 Å². The van der Waals surface area contributed by atoms with Crippen LogP contribution in [0.3, 0.4) is 0 Å². The Morgan fingerprint density at radius 2 is 2.06 bits per heavy atom. The molecule has 0 aliphatic rings. The number of halogens is 1. The summed E-state index contributed by atoms with van der Waals surface area (Å²) in [6, 6.07) is 6.41. The zero-order chi connectivity index (χ0) is 12.9. The summed E-state index contributed by atoms with van der Waals surface area (Å²) in [6.45, 7) is 1.81. The zero-order valence-corrected chi connectivity index (χ0v) is 11.6. The Bertz CT molecular complexity index is 502. The minimum Gasteiger partial charge on any atom is -0.355 e. The van der Waals surface area contributed by atoms with Crippen molar-refractivity contribution in [1.29, 1.82) is 0 Å². The first-order valence-electron chi connectivity index (χ1n) is 4.91. The van der Waals surface area contributed by atoms with Crippen LogP contribution in [0.25, 0.3) is 0 Å². The predicted molar refractivity (Wildman–Crippen MR) is 68.0 cm³/mol. The lowest BCUT2D eigenvalue weighted by Gasteiger charge is -2.07. The Morgan fingerprint density at radius 3 is 2.65 bits per heavy atom. The molecule has 0 atom stereocenters. The van der Waals surface area contributed by atoms with Crippen molar-refractivity contribution in [2.24, 2.45) is 0 Å². The molecule has 0 unspecified atom stereocenters. The van der Waals surface area contributed by atoms with E-state index in [-0.39, 0.29) is 23.9 Å². The molecule has 0 radical (unpaired) electrons. The van der Waals surface area contributed by atoms with E-state index in [1.807, 2.05) is 0 Å². The number of benzene rings is 1. The number of carbonyl (C=O) groups is 1. The molecule has 0 aromatic heterocycles. The van der Waals surface area contributed by atoms with E-state index in [0.717, 1.165) is 0 Å². The number of carbonyl (C=O) groups excluding carboxylic acids is 1. The second kappa shape index (κ2) is 6.13. The van der Waals surface area contributed by atoms with Crippen molar-refractivity contribution in [2.75, 3.05) is 13.1 Å². The normalized spacial score (nSPS) is 11.2. The van der Waals surface area contributed by atoms with Crippen LogP contribution in [0.2, 0.25) is 0 Å². The lowest BCUT2D eigenvalue weighted by molar-refractivity contribution is -0.118. The molecule has 0 saturated carbocycles. The van der Waals surface area contributed by atoms with Crippen LogP contribution >= 0.6 is 15.9 Å². The van der Waals surface area contributed by atoms with Crippen molar-refractivity contribution < 1.29 is 13.2 Å².